The summed E-state index contributed by atoms with van der Waals surface area (Å²) in [7, 11) is 0. The average molecular weight is 323 g/mol. The Balaban J connectivity index is 1.41. The quantitative estimate of drug-likeness (QED) is 0.791. The fourth-order valence-electron chi connectivity index (χ4n) is 2.86. The molecule has 0 fully saturated rings. The van der Waals surface area contributed by atoms with Crippen molar-refractivity contribution in [2.24, 2.45) is 0 Å². The third-order valence-corrected chi connectivity index (χ3v) is 4.09. The lowest BCUT2D eigenvalue weighted by molar-refractivity contribution is -0.115. The van der Waals surface area contributed by atoms with Crippen LogP contribution in [0.4, 0.5) is 10.5 Å². The summed E-state index contributed by atoms with van der Waals surface area (Å²) in [6, 6.07) is 15.3. The Labute approximate surface area is 141 Å². The summed E-state index contributed by atoms with van der Waals surface area (Å²) in [5.41, 5.74) is 4.47. The largest absolute Gasteiger partial charge is 0.334 e. The maximum Gasteiger partial charge on any atom is 0.315 e. The Bertz CT molecular complexity index is 729. The molecule has 1 aliphatic carbocycles. The van der Waals surface area contributed by atoms with Crippen molar-refractivity contribution in [3.05, 3.63) is 65.2 Å². The van der Waals surface area contributed by atoms with Gasteiger partial charge in [0.05, 0.1) is 6.54 Å². The Morgan fingerprint density at radius 3 is 2.54 bits per heavy atom. The van der Waals surface area contributed by atoms with Gasteiger partial charge in [0.15, 0.2) is 0 Å². The Morgan fingerprint density at radius 2 is 1.71 bits per heavy atom. The molecule has 3 amide bonds. The van der Waals surface area contributed by atoms with E-state index < -0.39 is 0 Å². The zero-order chi connectivity index (χ0) is 16.8. The number of fused-ring (bicyclic) bond motifs is 1. The van der Waals surface area contributed by atoms with Gasteiger partial charge in [-0.15, -0.1) is 0 Å². The van der Waals surface area contributed by atoms with Crippen molar-refractivity contribution in [2.45, 2.75) is 25.8 Å². The van der Waals surface area contributed by atoms with Crippen molar-refractivity contribution in [1.29, 1.82) is 0 Å². The van der Waals surface area contributed by atoms with E-state index in [0.717, 1.165) is 24.1 Å². The maximum atomic E-state index is 11.9. The molecular weight excluding hydrogens is 302 g/mol. The van der Waals surface area contributed by atoms with Gasteiger partial charge in [-0.25, -0.2) is 4.79 Å². The second-order valence-corrected chi connectivity index (χ2v) is 5.91. The zero-order valence-electron chi connectivity index (χ0n) is 13.5. The summed E-state index contributed by atoms with van der Waals surface area (Å²) in [4.78, 5) is 23.7. The van der Waals surface area contributed by atoms with Crippen LogP contribution < -0.4 is 16.0 Å². The van der Waals surface area contributed by atoms with Crippen LogP contribution in [0.25, 0.3) is 0 Å². The SMILES string of the molecule is O=C(CNC(=O)NCc1ccccc1)Nc1ccc2c(c1)CCC2. The number of nitrogens with one attached hydrogen (secondary N) is 3. The third-order valence-electron chi connectivity index (χ3n) is 4.09. The molecule has 0 aliphatic heterocycles. The molecule has 0 bridgehead atoms. The lowest BCUT2D eigenvalue weighted by Gasteiger charge is -2.09. The lowest BCUT2D eigenvalue weighted by Crippen LogP contribution is -2.39. The molecule has 3 rings (SSSR count). The molecule has 0 spiro atoms. The van der Waals surface area contributed by atoms with Crippen LogP contribution >= 0.6 is 0 Å². The van der Waals surface area contributed by atoms with Crippen molar-refractivity contribution in [3.8, 4) is 0 Å². The molecule has 24 heavy (non-hydrogen) atoms. The van der Waals surface area contributed by atoms with Crippen LogP contribution in [0.1, 0.15) is 23.1 Å². The fourth-order valence-corrected chi connectivity index (χ4v) is 2.86. The highest BCUT2D eigenvalue weighted by Gasteiger charge is 2.12. The molecule has 0 unspecified atom stereocenters. The summed E-state index contributed by atoms with van der Waals surface area (Å²) < 4.78 is 0. The van der Waals surface area contributed by atoms with Crippen LogP contribution in [0.15, 0.2) is 48.5 Å². The molecule has 0 heterocycles. The van der Waals surface area contributed by atoms with Crippen molar-refractivity contribution in [1.82, 2.24) is 10.6 Å². The minimum Gasteiger partial charge on any atom is -0.334 e. The second-order valence-electron chi connectivity index (χ2n) is 5.91. The highest BCUT2D eigenvalue weighted by Crippen LogP contribution is 2.24. The molecule has 3 N–H and O–H groups in total. The minimum absolute atomic E-state index is 0.0578. The summed E-state index contributed by atoms with van der Waals surface area (Å²) in [6.45, 7) is 0.372. The number of benzene rings is 2. The second kappa shape index (κ2) is 7.64. The number of aryl methyl sites for hydroxylation is 2. The van der Waals surface area contributed by atoms with Crippen molar-refractivity contribution in [3.63, 3.8) is 0 Å². The van der Waals surface area contributed by atoms with Crippen LogP contribution in [0.2, 0.25) is 0 Å². The van der Waals surface area contributed by atoms with Gasteiger partial charge < -0.3 is 16.0 Å². The van der Waals surface area contributed by atoms with Gasteiger partial charge in [-0.05, 0) is 48.1 Å². The minimum atomic E-state index is -0.358. The van der Waals surface area contributed by atoms with Gasteiger partial charge in [-0.2, -0.15) is 0 Å². The summed E-state index contributed by atoms with van der Waals surface area (Å²) in [5.74, 6) is -0.234. The fraction of sp³-hybridized carbons (Fsp3) is 0.263. The molecule has 0 aromatic heterocycles. The number of urea groups is 1. The lowest BCUT2D eigenvalue weighted by atomic mass is 10.1. The number of amides is 3. The number of rotatable bonds is 5. The first-order valence-electron chi connectivity index (χ1n) is 8.18. The van der Waals surface area contributed by atoms with Crippen LogP contribution in [-0.2, 0) is 24.2 Å². The van der Waals surface area contributed by atoms with Crippen LogP contribution in [0, 0.1) is 0 Å². The Morgan fingerprint density at radius 1 is 0.917 bits per heavy atom. The molecule has 1 aliphatic rings. The molecule has 0 saturated carbocycles. The molecule has 2 aromatic rings. The van der Waals surface area contributed by atoms with Crippen molar-refractivity contribution in [2.75, 3.05) is 11.9 Å². The summed E-state index contributed by atoms with van der Waals surface area (Å²) >= 11 is 0. The molecular formula is C19H21N3O2. The molecule has 5 nitrogen and oxygen atoms in total. The first-order chi connectivity index (χ1) is 11.7. The van der Waals surface area contributed by atoms with Crippen LogP contribution in [0.5, 0.6) is 0 Å². The number of anilines is 1. The third kappa shape index (κ3) is 4.35. The average Bonchev–Trinajstić information content (AvgIpc) is 3.07. The maximum absolute atomic E-state index is 11.9. The van der Waals surface area contributed by atoms with E-state index >= 15 is 0 Å². The van der Waals surface area contributed by atoms with Crippen molar-refractivity contribution >= 4 is 17.6 Å². The number of hydrogen-bond donors (Lipinski definition) is 3. The normalized spacial score (nSPS) is 12.3. The molecule has 0 saturated heterocycles. The predicted molar refractivity (Wildman–Crippen MR) is 93.8 cm³/mol. The van der Waals surface area contributed by atoms with E-state index in [-0.39, 0.29) is 18.5 Å². The molecule has 2 aromatic carbocycles. The van der Waals surface area contributed by atoms with E-state index in [1.807, 2.05) is 42.5 Å². The van der Waals surface area contributed by atoms with E-state index in [0.29, 0.717) is 6.54 Å². The predicted octanol–water partition coefficient (Wildman–Crippen LogP) is 2.61. The monoisotopic (exact) mass is 323 g/mol. The van der Waals surface area contributed by atoms with Gasteiger partial charge >= 0.3 is 6.03 Å². The van der Waals surface area contributed by atoms with E-state index in [1.165, 1.54) is 17.5 Å². The smallest absolute Gasteiger partial charge is 0.315 e. The molecule has 0 atom stereocenters. The van der Waals surface area contributed by atoms with Crippen LogP contribution in [-0.4, -0.2) is 18.5 Å². The van der Waals surface area contributed by atoms with Gasteiger partial charge in [0, 0.05) is 12.2 Å². The number of carbonyl (C=O) groups excluding carboxylic acids is 2. The summed E-state index contributed by atoms with van der Waals surface area (Å²) in [6.07, 6.45) is 3.36. The Kier molecular flexibility index (Phi) is 5.11. The zero-order valence-corrected chi connectivity index (χ0v) is 13.5. The van der Waals surface area contributed by atoms with E-state index in [9.17, 15) is 9.59 Å². The Hall–Kier alpha value is -2.82. The van der Waals surface area contributed by atoms with Gasteiger partial charge in [-0.1, -0.05) is 36.4 Å². The number of carbonyl (C=O) groups is 2. The standard InChI is InChI=1S/C19H21N3O2/c23-18(22-17-10-9-15-7-4-8-16(15)11-17)13-21-19(24)20-12-14-5-2-1-3-6-14/h1-3,5-6,9-11H,4,7-8,12-13H2,(H,22,23)(H2,20,21,24). The van der Waals surface area contributed by atoms with E-state index in [2.05, 4.69) is 22.0 Å². The van der Waals surface area contributed by atoms with Crippen LogP contribution in [0.3, 0.4) is 0 Å². The first-order valence-corrected chi connectivity index (χ1v) is 8.18. The summed E-state index contributed by atoms with van der Waals surface area (Å²) in [5, 5.41) is 8.10. The molecule has 5 heteroatoms. The van der Waals surface area contributed by atoms with E-state index in [1.54, 1.807) is 0 Å². The molecule has 0 radical (unpaired) electrons. The topological polar surface area (TPSA) is 70.2 Å². The van der Waals surface area contributed by atoms with Gasteiger partial charge in [-0.3, -0.25) is 4.79 Å². The highest BCUT2D eigenvalue weighted by atomic mass is 16.2. The van der Waals surface area contributed by atoms with E-state index in [4.69, 9.17) is 0 Å². The first kappa shape index (κ1) is 16.1. The van der Waals surface area contributed by atoms with Gasteiger partial charge in [0.1, 0.15) is 0 Å². The molecule has 124 valence electrons. The van der Waals surface area contributed by atoms with Gasteiger partial charge in [0.25, 0.3) is 0 Å². The highest BCUT2D eigenvalue weighted by molar-refractivity contribution is 5.94. The van der Waals surface area contributed by atoms with Crippen molar-refractivity contribution < 1.29 is 9.59 Å². The van der Waals surface area contributed by atoms with Gasteiger partial charge in [0.2, 0.25) is 5.91 Å². The number of hydrogen-bond acceptors (Lipinski definition) is 2.